The van der Waals surface area contributed by atoms with Crippen molar-refractivity contribution in [3.05, 3.63) is 11.1 Å². The quantitative estimate of drug-likeness (QED) is 0.402. The van der Waals surface area contributed by atoms with Crippen LogP contribution in [0.25, 0.3) is 0 Å². The lowest BCUT2D eigenvalue weighted by molar-refractivity contribution is -0.139. The molecule has 1 N–H and O–H groups in total. The minimum Gasteiger partial charge on any atom is -0.462 e. The second-order valence-electron chi connectivity index (χ2n) is 3.90. The van der Waals surface area contributed by atoms with Gasteiger partial charge in [-0.2, -0.15) is 0 Å². The first-order chi connectivity index (χ1) is 7.09. The summed E-state index contributed by atoms with van der Waals surface area (Å²) in [6.45, 7) is 6.31. The highest BCUT2D eigenvalue weighted by Gasteiger charge is 2.06. The molecule has 0 saturated heterocycles. The number of carbonyl (C=O) groups is 1. The summed E-state index contributed by atoms with van der Waals surface area (Å²) in [7, 11) is 0. The Hall–Kier alpha value is -0.830. The monoisotopic (exact) mass is 214 g/mol. The van der Waals surface area contributed by atoms with Gasteiger partial charge in [0.2, 0.25) is 0 Å². The molecule has 0 aromatic rings. The number of esters is 1. The van der Waals surface area contributed by atoms with E-state index in [4.69, 9.17) is 9.84 Å². The van der Waals surface area contributed by atoms with Crippen molar-refractivity contribution in [3.63, 3.8) is 0 Å². The van der Waals surface area contributed by atoms with Crippen LogP contribution in [0.15, 0.2) is 11.1 Å². The molecule has 0 aliphatic carbocycles. The second-order valence-corrected chi connectivity index (χ2v) is 3.90. The van der Waals surface area contributed by atoms with E-state index < -0.39 is 0 Å². The summed E-state index contributed by atoms with van der Waals surface area (Å²) in [5.41, 5.74) is 1.70. The molecule has 0 heterocycles. The van der Waals surface area contributed by atoms with Gasteiger partial charge in [-0.15, -0.1) is 0 Å². The third-order valence-corrected chi connectivity index (χ3v) is 2.34. The van der Waals surface area contributed by atoms with E-state index in [0.717, 1.165) is 31.3 Å². The fourth-order valence-electron chi connectivity index (χ4n) is 1.04. The van der Waals surface area contributed by atoms with Crippen molar-refractivity contribution in [2.24, 2.45) is 0 Å². The van der Waals surface area contributed by atoms with E-state index in [0.29, 0.717) is 12.2 Å². The zero-order chi connectivity index (χ0) is 11.7. The zero-order valence-electron chi connectivity index (χ0n) is 10.0. The molecule has 0 atom stereocenters. The van der Waals surface area contributed by atoms with Crippen molar-refractivity contribution < 1.29 is 14.6 Å². The van der Waals surface area contributed by atoms with E-state index in [2.05, 4.69) is 0 Å². The van der Waals surface area contributed by atoms with Crippen LogP contribution in [-0.4, -0.2) is 24.3 Å². The molecule has 3 heteroatoms. The maximum absolute atomic E-state index is 11.4. The van der Waals surface area contributed by atoms with Crippen molar-refractivity contribution in [2.45, 2.75) is 46.5 Å². The number of rotatable bonds is 7. The molecule has 88 valence electrons. The minimum absolute atomic E-state index is 0.211. The molecule has 0 rings (SSSR count). The smallest absolute Gasteiger partial charge is 0.333 e. The molecule has 0 bridgehead atoms. The molecular formula is C12H22O3. The van der Waals surface area contributed by atoms with E-state index in [-0.39, 0.29) is 12.6 Å². The minimum atomic E-state index is -0.211. The number of hydrogen-bond donors (Lipinski definition) is 1. The van der Waals surface area contributed by atoms with Crippen LogP contribution < -0.4 is 0 Å². The number of hydrogen-bond acceptors (Lipinski definition) is 3. The molecule has 0 aromatic carbocycles. The molecule has 0 fully saturated rings. The Labute approximate surface area is 92.1 Å². The molecule has 0 radical (unpaired) electrons. The first-order valence-corrected chi connectivity index (χ1v) is 5.51. The molecule has 0 aromatic heterocycles. The first kappa shape index (κ1) is 14.2. The summed E-state index contributed by atoms with van der Waals surface area (Å²) >= 11 is 0. The molecule has 0 amide bonds. The molecule has 0 saturated carbocycles. The van der Waals surface area contributed by atoms with Crippen molar-refractivity contribution in [2.75, 3.05) is 13.2 Å². The maximum Gasteiger partial charge on any atom is 0.333 e. The van der Waals surface area contributed by atoms with Crippen LogP contribution in [-0.2, 0) is 9.53 Å². The fourth-order valence-corrected chi connectivity index (χ4v) is 1.04. The predicted molar refractivity (Wildman–Crippen MR) is 60.6 cm³/mol. The van der Waals surface area contributed by atoms with E-state index in [9.17, 15) is 4.79 Å². The number of ether oxygens (including phenoxy) is 1. The van der Waals surface area contributed by atoms with Crippen molar-refractivity contribution in [3.8, 4) is 0 Å². The Kier molecular flexibility index (Phi) is 8.01. The van der Waals surface area contributed by atoms with Crippen molar-refractivity contribution >= 4 is 5.97 Å². The summed E-state index contributed by atoms with van der Waals surface area (Å²) in [6, 6.07) is 0. The molecular weight excluding hydrogens is 192 g/mol. The Morgan fingerprint density at radius 2 is 1.67 bits per heavy atom. The van der Waals surface area contributed by atoms with Crippen LogP contribution in [0.2, 0.25) is 0 Å². The summed E-state index contributed by atoms with van der Waals surface area (Å²) in [4.78, 5) is 11.4. The van der Waals surface area contributed by atoms with Gasteiger partial charge in [0, 0.05) is 12.2 Å². The number of aliphatic hydroxyl groups excluding tert-OH is 1. The van der Waals surface area contributed by atoms with E-state index in [1.54, 1.807) is 6.92 Å². The summed E-state index contributed by atoms with van der Waals surface area (Å²) in [5.74, 6) is -0.211. The molecule has 0 aliphatic rings. The van der Waals surface area contributed by atoms with Crippen LogP contribution in [0.1, 0.15) is 46.5 Å². The van der Waals surface area contributed by atoms with Gasteiger partial charge in [0.25, 0.3) is 0 Å². The lowest BCUT2D eigenvalue weighted by Crippen LogP contribution is -2.08. The lowest BCUT2D eigenvalue weighted by Gasteiger charge is -2.05. The maximum atomic E-state index is 11.4. The second kappa shape index (κ2) is 8.48. The van der Waals surface area contributed by atoms with Gasteiger partial charge in [-0.1, -0.05) is 12.0 Å². The predicted octanol–water partition coefficient (Wildman–Crippen LogP) is 2.44. The third kappa shape index (κ3) is 7.14. The number of allylic oxidation sites excluding steroid dienone is 1. The SMILES string of the molecule is CC(C)=C(C)C(=O)OCCCCCCO. The van der Waals surface area contributed by atoms with Crippen LogP contribution in [0, 0.1) is 0 Å². The zero-order valence-corrected chi connectivity index (χ0v) is 10.0. The summed E-state index contributed by atoms with van der Waals surface area (Å²) in [5, 5.41) is 8.55. The first-order valence-electron chi connectivity index (χ1n) is 5.51. The van der Waals surface area contributed by atoms with E-state index >= 15 is 0 Å². The topological polar surface area (TPSA) is 46.5 Å². The van der Waals surface area contributed by atoms with Gasteiger partial charge in [0.15, 0.2) is 0 Å². The molecule has 0 spiro atoms. The Morgan fingerprint density at radius 1 is 1.07 bits per heavy atom. The molecule has 0 unspecified atom stereocenters. The average molecular weight is 214 g/mol. The third-order valence-electron chi connectivity index (χ3n) is 2.34. The van der Waals surface area contributed by atoms with Gasteiger partial charge < -0.3 is 9.84 Å². The number of carbonyl (C=O) groups excluding carboxylic acids is 1. The van der Waals surface area contributed by atoms with E-state index in [1.165, 1.54) is 0 Å². The van der Waals surface area contributed by atoms with Gasteiger partial charge >= 0.3 is 5.97 Å². The molecule has 3 nitrogen and oxygen atoms in total. The number of aliphatic hydroxyl groups is 1. The standard InChI is InChI=1S/C12H22O3/c1-10(2)11(3)12(14)15-9-7-5-4-6-8-13/h13H,4-9H2,1-3H3. The van der Waals surface area contributed by atoms with Crippen LogP contribution in [0.3, 0.4) is 0 Å². The van der Waals surface area contributed by atoms with Gasteiger partial charge in [-0.25, -0.2) is 4.79 Å². The van der Waals surface area contributed by atoms with Crippen LogP contribution >= 0.6 is 0 Å². The lowest BCUT2D eigenvalue weighted by atomic mass is 10.2. The summed E-state index contributed by atoms with van der Waals surface area (Å²) < 4.78 is 5.09. The van der Waals surface area contributed by atoms with E-state index in [1.807, 2.05) is 13.8 Å². The highest BCUT2D eigenvalue weighted by Crippen LogP contribution is 2.05. The van der Waals surface area contributed by atoms with Crippen molar-refractivity contribution in [1.82, 2.24) is 0 Å². The Balaban J connectivity index is 3.52. The van der Waals surface area contributed by atoms with Gasteiger partial charge in [-0.3, -0.25) is 0 Å². The normalized spacial score (nSPS) is 9.87. The Bertz CT molecular complexity index is 215. The van der Waals surface area contributed by atoms with Crippen LogP contribution in [0.4, 0.5) is 0 Å². The largest absolute Gasteiger partial charge is 0.462 e. The molecule has 15 heavy (non-hydrogen) atoms. The van der Waals surface area contributed by atoms with Crippen molar-refractivity contribution in [1.29, 1.82) is 0 Å². The number of unbranched alkanes of at least 4 members (excludes halogenated alkanes) is 3. The summed E-state index contributed by atoms with van der Waals surface area (Å²) in [6.07, 6.45) is 3.71. The highest BCUT2D eigenvalue weighted by molar-refractivity contribution is 5.88. The Morgan fingerprint density at radius 3 is 2.20 bits per heavy atom. The average Bonchev–Trinajstić information content (AvgIpc) is 2.21. The van der Waals surface area contributed by atoms with Gasteiger partial charge in [0.05, 0.1) is 6.61 Å². The molecule has 0 aliphatic heterocycles. The highest BCUT2D eigenvalue weighted by atomic mass is 16.5. The fraction of sp³-hybridized carbons (Fsp3) is 0.750. The van der Waals surface area contributed by atoms with Crippen LogP contribution in [0.5, 0.6) is 0 Å². The van der Waals surface area contributed by atoms with Gasteiger partial charge in [0.1, 0.15) is 0 Å². The van der Waals surface area contributed by atoms with Gasteiger partial charge in [-0.05, 0) is 40.0 Å².